The number of hydrogen-bond acceptors (Lipinski definition) is 3. The van der Waals surface area contributed by atoms with Crippen molar-refractivity contribution >= 4 is 103 Å². The molecule has 0 saturated heterocycles. The molecule has 3 heterocycles. The van der Waals surface area contributed by atoms with Crippen LogP contribution in [0, 0.1) is 0 Å². The molecule has 4 heteroatoms. The molecule has 0 saturated carbocycles. The van der Waals surface area contributed by atoms with Gasteiger partial charge in [-0.15, -0.1) is 11.3 Å². The number of furan rings is 1. The molecule has 0 amide bonds. The van der Waals surface area contributed by atoms with E-state index in [-0.39, 0.29) is 0 Å². The Bertz CT molecular complexity index is 3110. The summed E-state index contributed by atoms with van der Waals surface area (Å²) in [5.41, 5.74) is 8.45. The summed E-state index contributed by atoms with van der Waals surface area (Å²) in [5.74, 6) is 0. The van der Waals surface area contributed by atoms with Crippen LogP contribution in [0.5, 0.6) is 0 Å². The third-order valence-electron chi connectivity index (χ3n) is 10.1. The molecule has 0 spiro atoms. The van der Waals surface area contributed by atoms with E-state index in [1.807, 2.05) is 11.3 Å². The first-order valence-electron chi connectivity index (χ1n) is 16.9. The van der Waals surface area contributed by atoms with E-state index in [4.69, 9.17) is 4.42 Å². The fourth-order valence-corrected chi connectivity index (χ4v) is 9.19. The number of anilines is 3. The van der Waals surface area contributed by atoms with Crippen LogP contribution in [-0.4, -0.2) is 4.57 Å². The molecule has 0 radical (unpaired) electrons. The summed E-state index contributed by atoms with van der Waals surface area (Å²) in [6.07, 6.45) is 0. The summed E-state index contributed by atoms with van der Waals surface area (Å²) in [5, 5.41) is 9.45. The van der Waals surface area contributed by atoms with Crippen LogP contribution in [0.2, 0.25) is 0 Å². The van der Waals surface area contributed by atoms with Crippen molar-refractivity contribution in [3.63, 3.8) is 0 Å². The van der Waals surface area contributed by atoms with Crippen LogP contribution in [0.1, 0.15) is 0 Å². The molecule has 0 N–H and O–H groups in total. The molecule has 0 atom stereocenters. The molecule has 3 aromatic heterocycles. The number of fused-ring (bicyclic) bond motifs is 10. The zero-order chi connectivity index (χ0) is 32.8. The van der Waals surface area contributed by atoms with Crippen LogP contribution >= 0.6 is 11.3 Å². The molecular weight excluding hydrogens is 629 g/mol. The predicted octanol–water partition coefficient (Wildman–Crippen LogP) is 13.7. The van der Waals surface area contributed by atoms with E-state index < -0.39 is 0 Å². The standard InChI is InChI=1S/C46H28N2OS/c1-2-15-30(16-3-1)47-37-22-9-6-18-32(37)34-21-12-24-39(44(34)47)48(38-23-13-27-42-43(38)35-20-8-11-26-41(35)50-42)45-31-17-5-4-14-29(31)28-36-33-19-7-10-25-40(33)49-46(36)45/h1-28H. The van der Waals surface area contributed by atoms with Crippen LogP contribution in [0.25, 0.3) is 80.4 Å². The maximum Gasteiger partial charge on any atom is 0.160 e. The average molecular weight is 657 g/mol. The van der Waals surface area contributed by atoms with Crippen molar-refractivity contribution in [3.8, 4) is 5.69 Å². The van der Waals surface area contributed by atoms with Crippen LogP contribution < -0.4 is 4.90 Å². The highest BCUT2D eigenvalue weighted by Gasteiger charge is 2.28. The number of para-hydroxylation sites is 4. The number of aromatic nitrogens is 1. The Hall–Kier alpha value is -6.36. The van der Waals surface area contributed by atoms with Gasteiger partial charge in [0, 0.05) is 52.8 Å². The van der Waals surface area contributed by atoms with Crippen LogP contribution in [0.4, 0.5) is 17.1 Å². The minimum atomic E-state index is 0.876. The largest absolute Gasteiger partial charge is 0.454 e. The maximum atomic E-state index is 6.94. The van der Waals surface area contributed by atoms with Crippen molar-refractivity contribution in [2.45, 2.75) is 0 Å². The van der Waals surface area contributed by atoms with Gasteiger partial charge < -0.3 is 13.9 Å². The Morgan fingerprint density at radius 3 is 2.04 bits per heavy atom. The fourth-order valence-electron chi connectivity index (χ4n) is 8.06. The lowest BCUT2D eigenvalue weighted by Crippen LogP contribution is -2.13. The van der Waals surface area contributed by atoms with Crippen molar-refractivity contribution < 1.29 is 4.42 Å². The summed E-state index contributed by atoms with van der Waals surface area (Å²) >= 11 is 1.85. The molecule has 8 aromatic carbocycles. The first-order chi connectivity index (χ1) is 24.8. The van der Waals surface area contributed by atoms with Gasteiger partial charge in [0.05, 0.1) is 28.1 Å². The van der Waals surface area contributed by atoms with Crippen molar-refractivity contribution in [1.29, 1.82) is 0 Å². The van der Waals surface area contributed by atoms with Gasteiger partial charge >= 0.3 is 0 Å². The number of rotatable bonds is 4. The lowest BCUT2D eigenvalue weighted by Gasteiger charge is -2.29. The van der Waals surface area contributed by atoms with E-state index in [0.29, 0.717) is 0 Å². The molecule has 50 heavy (non-hydrogen) atoms. The second-order valence-corrected chi connectivity index (χ2v) is 14.0. The molecule has 11 rings (SSSR count). The van der Waals surface area contributed by atoms with E-state index in [0.717, 1.165) is 55.6 Å². The lowest BCUT2D eigenvalue weighted by molar-refractivity contribution is 0.669. The molecule has 0 bridgehead atoms. The summed E-state index contributed by atoms with van der Waals surface area (Å²) in [6, 6.07) is 61.2. The van der Waals surface area contributed by atoms with Crippen molar-refractivity contribution in [2.75, 3.05) is 4.90 Å². The van der Waals surface area contributed by atoms with Gasteiger partial charge in [-0.3, -0.25) is 0 Å². The quantitative estimate of drug-likeness (QED) is 0.188. The van der Waals surface area contributed by atoms with Crippen LogP contribution in [0.15, 0.2) is 174 Å². The van der Waals surface area contributed by atoms with E-state index in [9.17, 15) is 0 Å². The molecule has 0 aliphatic carbocycles. The lowest BCUT2D eigenvalue weighted by atomic mass is 10.0. The SMILES string of the molecule is c1ccc(-n2c3ccccc3c3cccc(N(c4c5ccccc5cc5c4oc4ccccc45)c4cccc5sc6ccccc6c45)c32)cc1. The topological polar surface area (TPSA) is 21.3 Å². The Morgan fingerprint density at radius 2 is 1.14 bits per heavy atom. The highest BCUT2D eigenvalue weighted by molar-refractivity contribution is 7.26. The molecule has 11 aromatic rings. The summed E-state index contributed by atoms with van der Waals surface area (Å²) in [4.78, 5) is 2.50. The summed E-state index contributed by atoms with van der Waals surface area (Å²) in [6.45, 7) is 0. The first-order valence-corrected chi connectivity index (χ1v) is 17.8. The van der Waals surface area contributed by atoms with E-state index in [1.165, 1.54) is 41.8 Å². The van der Waals surface area contributed by atoms with Gasteiger partial charge in [0.25, 0.3) is 0 Å². The minimum Gasteiger partial charge on any atom is -0.454 e. The van der Waals surface area contributed by atoms with Crippen LogP contribution in [-0.2, 0) is 0 Å². The zero-order valence-electron chi connectivity index (χ0n) is 26.9. The van der Waals surface area contributed by atoms with Gasteiger partial charge in [-0.1, -0.05) is 115 Å². The number of nitrogens with zero attached hydrogens (tertiary/aromatic N) is 2. The second-order valence-electron chi connectivity index (χ2n) is 12.9. The van der Waals surface area contributed by atoms with Gasteiger partial charge in [-0.25, -0.2) is 0 Å². The average Bonchev–Trinajstić information content (AvgIpc) is 3.85. The van der Waals surface area contributed by atoms with E-state index >= 15 is 0 Å². The van der Waals surface area contributed by atoms with Crippen molar-refractivity contribution in [1.82, 2.24) is 4.57 Å². The minimum absolute atomic E-state index is 0.876. The summed E-state index contributed by atoms with van der Waals surface area (Å²) < 4.78 is 11.9. The van der Waals surface area contributed by atoms with E-state index in [1.54, 1.807) is 0 Å². The van der Waals surface area contributed by atoms with Gasteiger partial charge in [0.1, 0.15) is 5.58 Å². The Labute approximate surface area is 291 Å². The van der Waals surface area contributed by atoms with E-state index in [2.05, 4.69) is 179 Å². The molecule has 3 nitrogen and oxygen atoms in total. The number of benzene rings is 8. The Balaban J connectivity index is 1.38. The molecule has 0 aliphatic heterocycles. The maximum absolute atomic E-state index is 6.94. The third-order valence-corrected chi connectivity index (χ3v) is 11.3. The highest BCUT2D eigenvalue weighted by Crippen LogP contribution is 2.52. The van der Waals surface area contributed by atoms with Gasteiger partial charge in [0.15, 0.2) is 5.58 Å². The molecule has 0 fully saturated rings. The van der Waals surface area contributed by atoms with Crippen molar-refractivity contribution in [2.24, 2.45) is 0 Å². The molecule has 234 valence electrons. The Morgan fingerprint density at radius 1 is 0.480 bits per heavy atom. The zero-order valence-corrected chi connectivity index (χ0v) is 27.7. The molecule has 0 aliphatic rings. The fraction of sp³-hybridized carbons (Fsp3) is 0. The van der Waals surface area contributed by atoms with Gasteiger partial charge in [0.2, 0.25) is 0 Å². The molecular formula is C46H28N2OS. The second kappa shape index (κ2) is 10.6. The number of thiophene rings is 1. The smallest absolute Gasteiger partial charge is 0.160 e. The van der Waals surface area contributed by atoms with Gasteiger partial charge in [-0.2, -0.15) is 0 Å². The van der Waals surface area contributed by atoms with Crippen molar-refractivity contribution in [3.05, 3.63) is 170 Å². The normalized spacial score (nSPS) is 12.0. The summed E-state index contributed by atoms with van der Waals surface area (Å²) in [7, 11) is 0. The highest BCUT2D eigenvalue weighted by atomic mass is 32.1. The molecule has 0 unspecified atom stereocenters. The predicted molar refractivity (Wildman–Crippen MR) is 213 cm³/mol. The third kappa shape index (κ3) is 3.85. The van der Waals surface area contributed by atoms with Crippen LogP contribution in [0.3, 0.4) is 0 Å². The number of hydrogen-bond donors (Lipinski definition) is 0. The Kier molecular flexibility index (Phi) is 5.83. The van der Waals surface area contributed by atoms with Gasteiger partial charge in [-0.05, 0) is 60.0 Å². The monoisotopic (exact) mass is 656 g/mol. The first kappa shape index (κ1) is 27.6.